The number of benzene rings is 6. The second-order valence-corrected chi connectivity index (χ2v) is 17.2. The van der Waals surface area contributed by atoms with Crippen LogP contribution in [0.2, 0.25) is 0 Å². The Kier molecular flexibility index (Phi) is 7.11. The van der Waals surface area contributed by atoms with Gasteiger partial charge in [-0.05, 0) is 68.3 Å². The van der Waals surface area contributed by atoms with Gasteiger partial charge in [-0.1, -0.05) is 115 Å². The first-order chi connectivity index (χ1) is 21.8. The summed E-state index contributed by atoms with van der Waals surface area (Å²) in [5.74, 6) is -0.269. The Labute approximate surface area is 265 Å². The first-order valence-corrected chi connectivity index (χ1v) is 18.3. The van der Waals surface area contributed by atoms with E-state index in [0.717, 1.165) is 16.8 Å². The number of carbonyl (C=O) groups is 1. The Balaban J connectivity index is 1.38. The predicted octanol–water partition coefficient (Wildman–Crippen LogP) is 5.17. The number of fused-ring (bicyclic) bond motifs is 2. The van der Waals surface area contributed by atoms with Crippen LogP contribution in [0.15, 0.2) is 161 Å². The summed E-state index contributed by atoms with van der Waals surface area (Å²) < 4.78 is 26.7. The third-order valence-electron chi connectivity index (χ3n) is 8.82. The number of anilines is 1. The molecule has 1 aliphatic heterocycles. The highest BCUT2D eigenvalue weighted by Gasteiger charge is 2.41. The van der Waals surface area contributed by atoms with Crippen LogP contribution in [0.25, 0.3) is 11.1 Å². The van der Waals surface area contributed by atoms with E-state index in [1.54, 1.807) is 36.4 Å². The lowest BCUT2D eigenvalue weighted by Crippen LogP contribution is -2.74. The van der Waals surface area contributed by atoms with Gasteiger partial charge in [0.25, 0.3) is 0 Å². The van der Waals surface area contributed by atoms with Crippen molar-refractivity contribution in [2.45, 2.75) is 9.79 Å². The third kappa shape index (κ3) is 4.65. The van der Waals surface area contributed by atoms with Crippen molar-refractivity contribution in [3.8, 4) is 11.1 Å². The molecule has 6 heteroatoms. The number of nitrogens with zero attached hydrogens (tertiary/aromatic N) is 1. The average Bonchev–Trinajstić information content (AvgIpc) is 3.09. The Bertz CT molecular complexity index is 2100. The van der Waals surface area contributed by atoms with Crippen molar-refractivity contribution in [2.75, 3.05) is 19.0 Å². The fourth-order valence-corrected chi connectivity index (χ4v) is 12.9. The van der Waals surface area contributed by atoms with Crippen LogP contribution in [0, 0.1) is 0 Å². The highest BCUT2D eigenvalue weighted by molar-refractivity contribution is 7.91. The molecule has 0 saturated carbocycles. The fraction of sp³-hybridized carbons (Fsp3) is 0.0513. The van der Waals surface area contributed by atoms with Crippen molar-refractivity contribution in [3.63, 3.8) is 0 Å². The van der Waals surface area contributed by atoms with Crippen molar-refractivity contribution in [1.29, 1.82) is 0 Å². The summed E-state index contributed by atoms with van der Waals surface area (Å²) in [6, 6.07) is 50.5. The van der Waals surface area contributed by atoms with Gasteiger partial charge in [0, 0.05) is 30.9 Å². The SMILES string of the molecule is CN(C)c1ccc([Si](c2ccccc2)(c2ccccc2)c2ccc(-c3ccc4c(c3)C(=O)c3ccccc3S4(=O)=O)cc2)cc1. The van der Waals surface area contributed by atoms with E-state index in [2.05, 4.69) is 128 Å². The molecule has 0 spiro atoms. The van der Waals surface area contributed by atoms with Crippen LogP contribution in [0.5, 0.6) is 0 Å². The Morgan fingerprint density at radius 1 is 0.489 bits per heavy atom. The van der Waals surface area contributed by atoms with E-state index < -0.39 is 17.9 Å². The van der Waals surface area contributed by atoms with Gasteiger partial charge in [-0.3, -0.25) is 4.79 Å². The molecule has 0 unspecified atom stereocenters. The second kappa shape index (κ2) is 11.1. The van der Waals surface area contributed by atoms with Crippen LogP contribution in [-0.2, 0) is 9.84 Å². The number of hydrogen-bond donors (Lipinski definition) is 0. The van der Waals surface area contributed by atoms with Crippen LogP contribution < -0.4 is 25.6 Å². The highest BCUT2D eigenvalue weighted by Crippen LogP contribution is 2.36. The quantitative estimate of drug-likeness (QED) is 0.190. The molecule has 4 nitrogen and oxygen atoms in total. The number of carbonyl (C=O) groups excluding carboxylic acids is 1. The van der Waals surface area contributed by atoms with E-state index in [1.165, 1.54) is 26.8 Å². The van der Waals surface area contributed by atoms with Crippen LogP contribution in [0.3, 0.4) is 0 Å². The van der Waals surface area contributed by atoms with E-state index in [1.807, 2.05) is 0 Å². The Morgan fingerprint density at radius 3 is 1.53 bits per heavy atom. The molecule has 45 heavy (non-hydrogen) atoms. The topological polar surface area (TPSA) is 54.5 Å². The summed E-state index contributed by atoms with van der Waals surface area (Å²) in [6.07, 6.45) is 0. The summed E-state index contributed by atoms with van der Waals surface area (Å²) in [5.41, 5.74) is 3.29. The number of ketones is 1. The Hall–Kier alpha value is -5.04. The minimum atomic E-state index is -3.78. The van der Waals surface area contributed by atoms with Gasteiger partial charge in [0.2, 0.25) is 9.84 Å². The van der Waals surface area contributed by atoms with Gasteiger partial charge in [-0.25, -0.2) is 8.42 Å². The molecule has 6 aromatic rings. The molecule has 0 bridgehead atoms. The minimum absolute atomic E-state index is 0.0623. The standard InChI is InChI=1S/C39H31NO3SSi/c1-40(2)30-20-24-34(25-21-30)45(31-11-5-3-6-12-31,32-13-7-4-8-14-32)33-22-17-28(18-23-33)29-19-26-38-36(27-29)39(41)35-15-9-10-16-37(35)44(38,42)43/h3-27H,1-2H3. The molecule has 0 amide bonds. The van der Waals surface area contributed by atoms with Gasteiger partial charge in [-0.15, -0.1) is 0 Å². The molecule has 0 saturated heterocycles. The summed E-state index contributed by atoms with van der Waals surface area (Å²) in [5, 5.41) is 5.07. The van der Waals surface area contributed by atoms with E-state index in [-0.39, 0.29) is 26.7 Å². The molecule has 7 rings (SSSR count). The van der Waals surface area contributed by atoms with Crippen LogP contribution in [-0.4, -0.2) is 36.4 Å². The van der Waals surface area contributed by atoms with E-state index >= 15 is 0 Å². The first-order valence-electron chi connectivity index (χ1n) is 14.8. The van der Waals surface area contributed by atoms with Gasteiger partial charge in [0.15, 0.2) is 13.9 Å². The summed E-state index contributed by atoms with van der Waals surface area (Å²) in [6.45, 7) is 0. The molecule has 1 aliphatic rings. The minimum Gasteiger partial charge on any atom is -0.378 e. The molecule has 220 valence electrons. The van der Waals surface area contributed by atoms with Crippen LogP contribution in [0.1, 0.15) is 15.9 Å². The van der Waals surface area contributed by atoms with Gasteiger partial charge in [0.1, 0.15) is 0 Å². The lowest BCUT2D eigenvalue weighted by atomic mass is 9.97. The zero-order valence-corrected chi connectivity index (χ0v) is 26.8. The van der Waals surface area contributed by atoms with Crippen molar-refractivity contribution in [2.24, 2.45) is 0 Å². The smallest absolute Gasteiger partial charge is 0.208 e. The zero-order chi connectivity index (χ0) is 31.2. The number of hydrogen-bond acceptors (Lipinski definition) is 4. The maximum atomic E-state index is 13.4. The van der Waals surface area contributed by atoms with Crippen molar-refractivity contribution < 1.29 is 13.2 Å². The van der Waals surface area contributed by atoms with Crippen molar-refractivity contribution >= 4 is 50.1 Å². The number of sulfone groups is 1. The monoisotopic (exact) mass is 621 g/mol. The molecule has 6 aromatic carbocycles. The van der Waals surface area contributed by atoms with Gasteiger partial charge >= 0.3 is 0 Å². The molecule has 1 heterocycles. The average molecular weight is 622 g/mol. The van der Waals surface area contributed by atoms with Crippen LogP contribution >= 0.6 is 0 Å². The fourth-order valence-electron chi connectivity index (χ4n) is 6.57. The summed E-state index contributed by atoms with van der Waals surface area (Å²) in [7, 11) is -2.40. The molecule has 0 aromatic heterocycles. The van der Waals surface area contributed by atoms with Gasteiger partial charge in [-0.2, -0.15) is 0 Å². The Morgan fingerprint density at radius 2 is 0.956 bits per heavy atom. The van der Waals surface area contributed by atoms with Crippen molar-refractivity contribution in [3.05, 3.63) is 163 Å². The predicted molar refractivity (Wildman–Crippen MR) is 185 cm³/mol. The highest BCUT2D eigenvalue weighted by atomic mass is 32.2. The molecule has 0 radical (unpaired) electrons. The lowest BCUT2D eigenvalue weighted by molar-refractivity contribution is 0.103. The maximum Gasteiger partial charge on any atom is 0.208 e. The van der Waals surface area contributed by atoms with Gasteiger partial charge < -0.3 is 4.90 Å². The maximum absolute atomic E-state index is 13.4. The molecule has 0 atom stereocenters. The summed E-state index contributed by atoms with van der Waals surface area (Å²) >= 11 is 0. The molecule has 0 fully saturated rings. The lowest BCUT2D eigenvalue weighted by Gasteiger charge is -2.34. The first kappa shape index (κ1) is 28.7. The molecular weight excluding hydrogens is 591 g/mol. The third-order valence-corrected chi connectivity index (χ3v) is 15.5. The zero-order valence-electron chi connectivity index (χ0n) is 25.0. The molecule has 0 N–H and O–H groups in total. The van der Waals surface area contributed by atoms with Gasteiger partial charge in [0.05, 0.1) is 9.79 Å². The second-order valence-electron chi connectivity index (χ2n) is 11.5. The largest absolute Gasteiger partial charge is 0.378 e. The summed E-state index contributed by atoms with van der Waals surface area (Å²) in [4.78, 5) is 15.7. The van der Waals surface area contributed by atoms with E-state index in [4.69, 9.17) is 0 Å². The van der Waals surface area contributed by atoms with Crippen LogP contribution in [0.4, 0.5) is 5.69 Å². The number of rotatable bonds is 6. The molecule has 0 aliphatic carbocycles. The van der Waals surface area contributed by atoms with Crippen molar-refractivity contribution in [1.82, 2.24) is 0 Å². The van der Waals surface area contributed by atoms with E-state index in [0.29, 0.717) is 0 Å². The molecular formula is C39H31NO3SSi. The normalized spacial score (nSPS) is 13.5. The van der Waals surface area contributed by atoms with E-state index in [9.17, 15) is 13.2 Å².